The number of benzene rings is 1. The first-order valence-corrected chi connectivity index (χ1v) is 7.23. The molecule has 1 heterocycles. The number of nitrogens with zero attached hydrogens (tertiary/aromatic N) is 1. The predicted molar refractivity (Wildman–Crippen MR) is 77.0 cm³/mol. The molecule has 1 fully saturated rings. The number of carbonyl (C=O) groups is 1. The summed E-state index contributed by atoms with van der Waals surface area (Å²) in [5.74, 6) is -0.0499. The number of amides is 1. The topological polar surface area (TPSA) is 29.5 Å². The van der Waals surface area contributed by atoms with Gasteiger partial charge in [0.15, 0.2) is 0 Å². The smallest absolute Gasteiger partial charge is 0.255 e. The van der Waals surface area contributed by atoms with Crippen molar-refractivity contribution < 1.29 is 9.53 Å². The Labute approximate surface area is 123 Å². The Kier molecular flexibility index (Phi) is 5.08. The van der Waals surface area contributed by atoms with Gasteiger partial charge in [0.05, 0.1) is 16.7 Å². The van der Waals surface area contributed by atoms with Gasteiger partial charge in [-0.05, 0) is 38.0 Å². The number of carbonyl (C=O) groups excluding carboxylic acids is 1. The normalized spacial score (nSPS) is 19.5. The van der Waals surface area contributed by atoms with E-state index in [-0.39, 0.29) is 12.0 Å². The fourth-order valence-corrected chi connectivity index (χ4v) is 2.82. The maximum absolute atomic E-state index is 12.4. The summed E-state index contributed by atoms with van der Waals surface area (Å²) in [6.45, 7) is 4.03. The Hall–Kier alpha value is -0.770. The predicted octanol–water partition coefficient (Wildman–Crippen LogP) is 3.63. The van der Waals surface area contributed by atoms with Gasteiger partial charge in [0.25, 0.3) is 5.91 Å². The summed E-state index contributed by atoms with van der Waals surface area (Å²) in [7, 11) is 0. The van der Waals surface area contributed by atoms with Crippen molar-refractivity contribution in [3.63, 3.8) is 0 Å². The second-order valence-electron chi connectivity index (χ2n) is 4.59. The van der Waals surface area contributed by atoms with Crippen molar-refractivity contribution in [3.05, 3.63) is 33.8 Å². The molecule has 19 heavy (non-hydrogen) atoms. The Morgan fingerprint density at radius 3 is 2.95 bits per heavy atom. The van der Waals surface area contributed by atoms with E-state index in [1.165, 1.54) is 0 Å². The molecule has 1 amide bonds. The summed E-state index contributed by atoms with van der Waals surface area (Å²) >= 11 is 11.9. The zero-order valence-corrected chi connectivity index (χ0v) is 12.4. The molecule has 2 rings (SSSR count). The lowest BCUT2D eigenvalue weighted by Crippen LogP contribution is -2.43. The van der Waals surface area contributed by atoms with Gasteiger partial charge in [-0.15, -0.1) is 0 Å². The quantitative estimate of drug-likeness (QED) is 0.853. The summed E-state index contributed by atoms with van der Waals surface area (Å²) in [6.07, 6.45) is 2.10. The molecule has 1 atom stereocenters. The molecule has 0 spiro atoms. The minimum absolute atomic E-state index is 0.0499. The maximum atomic E-state index is 12.4. The number of piperidine rings is 1. The van der Waals surface area contributed by atoms with Crippen LogP contribution in [0.4, 0.5) is 0 Å². The fraction of sp³-hybridized carbons (Fsp3) is 0.500. The molecule has 0 radical (unpaired) electrons. The van der Waals surface area contributed by atoms with Crippen molar-refractivity contribution >= 4 is 29.1 Å². The largest absolute Gasteiger partial charge is 0.377 e. The van der Waals surface area contributed by atoms with Crippen LogP contribution >= 0.6 is 23.2 Å². The third-order valence-corrected chi connectivity index (χ3v) is 3.78. The zero-order chi connectivity index (χ0) is 13.8. The molecule has 1 aromatic carbocycles. The van der Waals surface area contributed by atoms with Crippen LogP contribution in [0, 0.1) is 0 Å². The van der Waals surface area contributed by atoms with Gasteiger partial charge in [-0.25, -0.2) is 0 Å². The van der Waals surface area contributed by atoms with Crippen LogP contribution in [0.2, 0.25) is 10.0 Å². The molecule has 0 saturated carbocycles. The molecule has 0 bridgehead atoms. The monoisotopic (exact) mass is 301 g/mol. The lowest BCUT2D eigenvalue weighted by Gasteiger charge is -2.32. The molecular formula is C14H17Cl2NO2. The van der Waals surface area contributed by atoms with E-state index in [9.17, 15) is 4.79 Å². The van der Waals surface area contributed by atoms with Gasteiger partial charge in [0.1, 0.15) is 0 Å². The first kappa shape index (κ1) is 14.6. The summed E-state index contributed by atoms with van der Waals surface area (Å²) in [6, 6.07) is 4.96. The molecule has 0 aromatic heterocycles. The van der Waals surface area contributed by atoms with Gasteiger partial charge in [-0.3, -0.25) is 4.79 Å². The van der Waals surface area contributed by atoms with Gasteiger partial charge in [0, 0.05) is 24.7 Å². The van der Waals surface area contributed by atoms with Crippen molar-refractivity contribution in [2.24, 2.45) is 0 Å². The summed E-state index contributed by atoms with van der Waals surface area (Å²) in [5, 5.41) is 0.934. The van der Waals surface area contributed by atoms with Gasteiger partial charge >= 0.3 is 0 Å². The van der Waals surface area contributed by atoms with Crippen LogP contribution in [0.1, 0.15) is 30.1 Å². The third-order valence-electron chi connectivity index (χ3n) is 3.23. The van der Waals surface area contributed by atoms with E-state index in [1.807, 2.05) is 6.92 Å². The molecule has 0 aliphatic carbocycles. The van der Waals surface area contributed by atoms with E-state index in [0.717, 1.165) is 19.4 Å². The standard InChI is InChI=1S/C14H17Cl2NO2/c1-2-19-11-4-3-7-17(9-11)14(18)12-6-5-10(15)8-13(12)16/h5-6,8,11H,2-4,7,9H2,1H3. The molecule has 1 aliphatic rings. The lowest BCUT2D eigenvalue weighted by atomic mass is 10.1. The van der Waals surface area contributed by atoms with Crippen LogP contribution in [0.25, 0.3) is 0 Å². The highest BCUT2D eigenvalue weighted by Gasteiger charge is 2.25. The van der Waals surface area contributed by atoms with E-state index < -0.39 is 0 Å². The molecule has 1 aliphatic heterocycles. The highest BCUT2D eigenvalue weighted by molar-refractivity contribution is 6.36. The number of rotatable bonds is 3. The highest BCUT2D eigenvalue weighted by Crippen LogP contribution is 2.24. The van der Waals surface area contributed by atoms with Crippen LogP contribution in [-0.4, -0.2) is 36.6 Å². The molecule has 0 N–H and O–H groups in total. The average Bonchev–Trinajstić information content (AvgIpc) is 2.39. The Bertz CT molecular complexity index is 463. The first-order chi connectivity index (χ1) is 9.11. The number of halogens is 2. The number of hydrogen-bond donors (Lipinski definition) is 0. The molecule has 104 valence electrons. The lowest BCUT2D eigenvalue weighted by molar-refractivity contribution is 0.00725. The van der Waals surface area contributed by atoms with E-state index in [4.69, 9.17) is 27.9 Å². The van der Waals surface area contributed by atoms with Crippen molar-refractivity contribution in [1.29, 1.82) is 0 Å². The van der Waals surface area contributed by atoms with Crippen molar-refractivity contribution in [2.75, 3.05) is 19.7 Å². The molecule has 1 saturated heterocycles. The van der Waals surface area contributed by atoms with Crippen molar-refractivity contribution in [1.82, 2.24) is 4.90 Å². The van der Waals surface area contributed by atoms with Crippen LogP contribution in [-0.2, 0) is 4.74 Å². The Morgan fingerprint density at radius 2 is 2.26 bits per heavy atom. The second-order valence-corrected chi connectivity index (χ2v) is 5.44. The SMILES string of the molecule is CCOC1CCCN(C(=O)c2ccc(Cl)cc2Cl)C1. The first-order valence-electron chi connectivity index (χ1n) is 6.47. The Morgan fingerprint density at radius 1 is 1.47 bits per heavy atom. The van der Waals surface area contributed by atoms with E-state index in [0.29, 0.717) is 28.8 Å². The maximum Gasteiger partial charge on any atom is 0.255 e. The number of hydrogen-bond acceptors (Lipinski definition) is 2. The van der Waals surface area contributed by atoms with Crippen LogP contribution in [0.5, 0.6) is 0 Å². The van der Waals surface area contributed by atoms with E-state index >= 15 is 0 Å². The van der Waals surface area contributed by atoms with E-state index in [2.05, 4.69) is 0 Å². The van der Waals surface area contributed by atoms with Crippen molar-refractivity contribution in [3.8, 4) is 0 Å². The van der Waals surface area contributed by atoms with Crippen LogP contribution < -0.4 is 0 Å². The van der Waals surface area contributed by atoms with Gasteiger partial charge in [-0.1, -0.05) is 23.2 Å². The molecule has 3 nitrogen and oxygen atoms in total. The van der Waals surface area contributed by atoms with Crippen LogP contribution in [0.15, 0.2) is 18.2 Å². The average molecular weight is 302 g/mol. The highest BCUT2D eigenvalue weighted by atomic mass is 35.5. The minimum atomic E-state index is -0.0499. The molecular weight excluding hydrogens is 285 g/mol. The minimum Gasteiger partial charge on any atom is -0.377 e. The number of likely N-dealkylation sites (tertiary alicyclic amines) is 1. The third kappa shape index (κ3) is 3.62. The van der Waals surface area contributed by atoms with Gasteiger partial charge in [-0.2, -0.15) is 0 Å². The van der Waals surface area contributed by atoms with Crippen LogP contribution in [0.3, 0.4) is 0 Å². The second kappa shape index (κ2) is 6.60. The summed E-state index contributed by atoms with van der Waals surface area (Å²) in [5.41, 5.74) is 0.503. The summed E-state index contributed by atoms with van der Waals surface area (Å²) in [4.78, 5) is 14.2. The number of ether oxygens (including phenoxy) is 1. The zero-order valence-electron chi connectivity index (χ0n) is 10.9. The Balaban J connectivity index is 2.10. The molecule has 1 aromatic rings. The van der Waals surface area contributed by atoms with Gasteiger partial charge < -0.3 is 9.64 Å². The van der Waals surface area contributed by atoms with Gasteiger partial charge in [0.2, 0.25) is 0 Å². The van der Waals surface area contributed by atoms with E-state index in [1.54, 1.807) is 23.1 Å². The molecule has 1 unspecified atom stereocenters. The fourth-order valence-electron chi connectivity index (χ4n) is 2.33. The molecule has 5 heteroatoms. The van der Waals surface area contributed by atoms with Crippen molar-refractivity contribution in [2.45, 2.75) is 25.9 Å². The summed E-state index contributed by atoms with van der Waals surface area (Å²) < 4.78 is 5.60.